The zero-order chi connectivity index (χ0) is 12.8. The highest BCUT2D eigenvalue weighted by atomic mass is 16.5. The minimum Gasteiger partial charge on any atom is -0.492 e. The lowest BCUT2D eigenvalue weighted by atomic mass is 10.0. The number of hydrogen-bond acceptors (Lipinski definition) is 3. The van der Waals surface area contributed by atoms with Crippen molar-refractivity contribution in [2.45, 2.75) is 38.6 Å². The van der Waals surface area contributed by atoms with Crippen LogP contribution in [0.2, 0.25) is 0 Å². The molecule has 1 atom stereocenters. The van der Waals surface area contributed by atoms with E-state index in [4.69, 9.17) is 10.00 Å². The maximum absolute atomic E-state index is 9.02. The number of benzene rings is 1. The fraction of sp³-hybridized carbons (Fsp3) is 0.533. The van der Waals surface area contributed by atoms with Crippen LogP contribution in [0.25, 0.3) is 0 Å². The lowest BCUT2D eigenvalue weighted by Crippen LogP contribution is -2.35. The standard InChI is InChI=1S/C15H20N2O/c1-12-5-6-13(11-16)15(10-12)18-9-7-14-4-2-3-8-17-14/h5-6,10,14,17H,2-4,7-9H2,1H3. The minimum absolute atomic E-state index is 0.578. The number of nitrogens with zero attached hydrogens (tertiary/aromatic N) is 1. The summed E-state index contributed by atoms with van der Waals surface area (Å²) in [6, 6.07) is 8.45. The van der Waals surface area contributed by atoms with Crippen molar-refractivity contribution in [3.8, 4) is 11.8 Å². The first kappa shape index (κ1) is 12.9. The predicted octanol–water partition coefficient (Wildman–Crippen LogP) is 2.78. The molecule has 1 saturated heterocycles. The highest BCUT2D eigenvalue weighted by molar-refractivity contribution is 5.44. The Morgan fingerprint density at radius 2 is 2.33 bits per heavy atom. The van der Waals surface area contributed by atoms with Crippen LogP contribution >= 0.6 is 0 Å². The monoisotopic (exact) mass is 244 g/mol. The fourth-order valence-electron chi connectivity index (χ4n) is 2.32. The van der Waals surface area contributed by atoms with Crippen LogP contribution < -0.4 is 10.1 Å². The molecule has 1 aliphatic rings. The molecule has 1 N–H and O–H groups in total. The smallest absolute Gasteiger partial charge is 0.137 e. The first-order valence-corrected chi connectivity index (χ1v) is 6.66. The van der Waals surface area contributed by atoms with E-state index in [1.165, 1.54) is 19.3 Å². The third-order valence-corrected chi connectivity index (χ3v) is 3.39. The summed E-state index contributed by atoms with van der Waals surface area (Å²) in [4.78, 5) is 0. The summed E-state index contributed by atoms with van der Waals surface area (Å²) in [6.45, 7) is 3.81. The molecule has 0 bridgehead atoms. The minimum atomic E-state index is 0.578. The molecule has 18 heavy (non-hydrogen) atoms. The summed E-state index contributed by atoms with van der Waals surface area (Å²) >= 11 is 0. The van der Waals surface area contributed by atoms with Gasteiger partial charge in [0, 0.05) is 6.04 Å². The second kappa shape index (κ2) is 6.42. The zero-order valence-corrected chi connectivity index (χ0v) is 10.9. The van der Waals surface area contributed by atoms with Crippen molar-refractivity contribution in [3.05, 3.63) is 29.3 Å². The highest BCUT2D eigenvalue weighted by Gasteiger charge is 2.12. The number of hydrogen-bond donors (Lipinski definition) is 1. The SMILES string of the molecule is Cc1ccc(C#N)c(OCCC2CCCCN2)c1. The molecule has 0 saturated carbocycles. The molecule has 1 aromatic rings. The Bertz CT molecular complexity index is 431. The lowest BCUT2D eigenvalue weighted by Gasteiger charge is -2.23. The van der Waals surface area contributed by atoms with Gasteiger partial charge in [-0.3, -0.25) is 0 Å². The quantitative estimate of drug-likeness (QED) is 0.885. The van der Waals surface area contributed by atoms with Gasteiger partial charge in [0.05, 0.1) is 12.2 Å². The van der Waals surface area contributed by atoms with Crippen molar-refractivity contribution in [2.24, 2.45) is 0 Å². The van der Waals surface area contributed by atoms with Gasteiger partial charge >= 0.3 is 0 Å². The number of piperidine rings is 1. The van der Waals surface area contributed by atoms with Gasteiger partial charge in [0.15, 0.2) is 0 Å². The van der Waals surface area contributed by atoms with Gasteiger partial charge in [0.2, 0.25) is 0 Å². The predicted molar refractivity (Wildman–Crippen MR) is 71.6 cm³/mol. The number of ether oxygens (including phenoxy) is 1. The second-order valence-electron chi connectivity index (χ2n) is 4.90. The van der Waals surface area contributed by atoms with Crippen molar-refractivity contribution < 1.29 is 4.74 Å². The van der Waals surface area contributed by atoms with Crippen LogP contribution in [0.5, 0.6) is 5.75 Å². The van der Waals surface area contributed by atoms with E-state index in [1.54, 1.807) is 0 Å². The van der Waals surface area contributed by atoms with Gasteiger partial charge in [0.25, 0.3) is 0 Å². The average Bonchev–Trinajstić information content (AvgIpc) is 2.40. The van der Waals surface area contributed by atoms with E-state index < -0.39 is 0 Å². The van der Waals surface area contributed by atoms with Gasteiger partial charge < -0.3 is 10.1 Å². The van der Waals surface area contributed by atoms with Crippen molar-refractivity contribution >= 4 is 0 Å². The van der Waals surface area contributed by atoms with E-state index in [0.717, 1.165) is 18.5 Å². The highest BCUT2D eigenvalue weighted by Crippen LogP contribution is 2.20. The topological polar surface area (TPSA) is 45.0 Å². The largest absolute Gasteiger partial charge is 0.492 e. The van der Waals surface area contributed by atoms with Crippen LogP contribution in [0.15, 0.2) is 18.2 Å². The molecule has 3 nitrogen and oxygen atoms in total. The molecule has 1 aromatic carbocycles. The summed E-state index contributed by atoms with van der Waals surface area (Å²) in [5, 5.41) is 12.5. The molecule has 1 fully saturated rings. The molecule has 1 heterocycles. The van der Waals surface area contributed by atoms with Crippen LogP contribution in [0.4, 0.5) is 0 Å². The van der Waals surface area contributed by atoms with Crippen LogP contribution in [0.3, 0.4) is 0 Å². The Hall–Kier alpha value is -1.53. The lowest BCUT2D eigenvalue weighted by molar-refractivity contribution is 0.267. The Kier molecular flexibility index (Phi) is 4.60. The molecule has 0 radical (unpaired) electrons. The van der Waals surface area contributed by atoms with Gasteiger partial charge in [-0.25, -0.2) is 0 Å². The molecular formula is C15H20N2O. The number of nitrogens with one attached hydrogen (secondary N) is 1. The summed E-state index contributed by atoms with van der Waals surface area (Å²) in [7, 11) is 0. The normalized spacial score (nSPS) is 19.2. The molecule has 2 rings (SSSR count). The maximum atomic E-state index is 9.02. The fourth-order valence-corrected chi connectivity index (χ4v) is 2.32. The summed E-state index contributed by atoms with van der Waals surface area (Å²) in [5.41, 5.74) is 1.75. The summed E-state index contributed by atoms with van der Waals surface area (Å²) < 4.78 is 5.75. The molecule has 0 aromatic heterocycles. The van der Waals surface area contributed by atoms with Crippen LogP contribution in [0.1, 0.15) is 36.8 Å². The van der Waals surface area contributed by atoms with E-state index >= 15 is 0 Å². The van der Waals surface area contributed by atoms with Crippen LogP contribution in [0, 0.1) is 18.3 Å². The molecule has 1 unspecified atom stereocenters. The van der Waals surface area contributed by atoms with Gasteiger partial charge in [-0.1, -0.05) is 12.5 Å². The van der Waals surface area contributed by atoms with Crippen molar-refractivity contribution in [1.82, 2.24) is 5.32 Å². The maximum Gasteiger partial charge on any atom is 0.137 e. The Morgan fingerprint density at radius 3 is 3.06 bits per heavy atom. The molecule has 3 heteroatoms. The van der Waals surface area contributed by atoms with E-state index in [0.29, 0.717) is 24.0 Å². The number of aryl methyl sites for hydroxylation is 1. The van der Waals surface area contributed by atoms with Gasteiger partial charge in [-0.05, 0) is 50.4 Å². The second-order valence-corrected chi connectivity index (χ2v) is 4.90. The molecule has 1 aliphatic heterocycles. The van der Waals surface area contributed by atoms with Gasteiger partial charge in [-0.2, -0.15) is 5.26 Å². The molecule has 0 amide bonds. The van der Waals surface area contributed by atoms with Gasteiger partial charge in [-0.15, -0.1) is 0 Å². The first-order valence-electron chi connectivity index (χ1n) is 6.66. The van der Waals surface area contributed by atoms with Crippen LogP contribution in [-0.4, -0.2) is 19.2 Å². The van der Waals surface area contributed by atoms with Crippen LogP contribution in [-0.2, 0) is 0 Å². The Balaban J connectivity index is 1.86. The molecule has 96 valence electrons. The van der Waals surface area contributed by atoms with E-state index in [2.05, 4.69) is 11.4 Å². The molecular weight excluding hydrogens is 224 g/mol. The Labute approximate surface area is 109 Å². The third-order valence-electron chi connectivity index (χ3n) is 3.39. The summed E-state index contributed by atoms with van der Waals surface area (Å²) in [6.07, 6.45) is 4.85. The van der Waals surface area contributed by atoms with Crippen molar-refractivity contribution in [1.29, 1.82) is 5.26 Å². The average molecular weight is 244 g/mol. The van der Waals surface area contributed by atoms with Gasteiger partial charge in [0.1, 0.15) is 11.8 Å². The summed E-state index contributed by atoms with van der Waals surface area (Å²) in [5.74, 6) is 0.716. The number of nitriles is 1. The molecule has 0 aliphatic carbocycles. The first-order chi connectivity index (χ1) is 8.79. The zero-order valence-electron chi connectivity index (χ0n) is 10.9. The Morgan fingerprint density at radius 1 is 1.44 bits per heavy atom. The third kappa shape index (κ3) is 3.48. The molecule has 0 spiro atoms. The van der Waals surface area contributed by atoms with E-state index in [-0.39, 0.29) is 0 Å². The van der Waals surface area contributed by atoms with E-state index in [9.17, 15) is 0 Å². The number of rotatable bonds is 4. The van der Waals surface area contributed by atoms with E-state index in [1.807, 2.05) is 25.1 Å². The van der Waals surface area contributed by atoms with Crippen molar-refractivity contribution in [3.63, 3.8) is 0 Å². The van der Waals surface area contributed by atoms with Crippen molar-refractivity contribution in [2.75, 3.05) is 13.2 Å².